The second-order valence-electron chi connectivity index (χ2n) is 7.32. The number of piperazine rings is 1. The van der Waals surface area contributed by atoms with Crippen molar-refractivity contribution in [2.75, 3.05) is 37.7 Å². The van der Waals surface area contributed by atoms with Gasteiger partial charge in [-0.3, -0.25) is 9.69 Å². The maximum atomic E-state index is 13.0. The lowest BCUT2D eigenvalue weighted by Crippen LogP contribution is -2.56. The van der Waals surface area contributed by atoms with E-state index in [1.54, 1.807) is 0 Å². The van der Waals surface area contributed by atoms with Crippen LogP contribution in [0.2, 0.25) is 0 Å². The molecule has 3 fully saturated rings. The zero-order chi connectivity index (χ0) is 16.4. The first-order valence-electron chi connectivity index (χ1n) is 8.92. The van der Waals surface area contributed by atoms with Crippen LogP contribution in [0.3, 0.4) is 0 Å². The van der Waals surface area contributed by atoms with E-state index in [1.807, 2.05) is 4.90 Å². The Labute approximate surface area is 151 Å². The van der Waals surface area contributed by atoms with Crippen LogP contribution in [0.25, 0.3) is 0 Å². The van der Waals surface area contributed by atoms with Crippen LogP contribution in [0.1, 0.15) is 39.0 Å². The first-order chi connectivity index (χ1) is 11.0. The van der Waals surface area contributed by atoms with Gasteiger partial charge in [-0.15, -0.1) is 12.4 Å². The van der Waals surface area contributed by atoms with Crippen molar-refractivity contribution in [3.8, 4) is 0 Å². The molecule has 8 heteroatoms. The van der Waals surface area contributed by atoms with Crippen LogP contribution in [-0.2, 0) is 14.6 Å². The highest BCUT2D eigenvalue weighted by molar-refractivity contribution is 7.91. The third kappa shape index (κ3) is 4.62. The van der Waals surface area contributed by atoms with Gasteiger partial charge in [0.05, 0.1) is 18.1 Å². The number of sulfone groups is 1. The minimum atomic E-state index is -2.96. The van der Waals surface area contributed by atoms with Gasteiger partial charge in [0, 0.05) is 37.8 Å². The highest BCUT2D eigenvalue weighted by atomic mass is 35.5. The van der Waals surface area contributed by atoms with E-state index in [2.05, 4.69) is 17.1 Å². The summed E-state index contributed by atoms with van der Waals surface area (Å²) in [6.45, 7) is 5.27. The van der Waals surface area contributed by atoms with E-state index in [-0.39, 0.29) is 41.9 Å². The lowest BCUT2D eigenvalue weighted by molar-refractivity contribution is -0.137. The molecule has 2 aliphatic heterocycles. The van der Waals surface area contributed by atoms with Crippen molar-refractivity contribution in [2.24, 2.45) is 0 Å². The molecule has 0 aromatic rings. The number of nitrogens with zero attached hydrogens (tertiary/aromatic N) is 2. The summed E-state index contributed by atoms with van der Waals surface area (Å²) in [5.74, 6) is 0.526. The third-order valence-corrected chi connectivity index (χ3v) is 7.34. The Bertz CT molecular complexity index is 537. The maximum Gasteiger partial charge on any atom is 0.237 e. The van der Waals surface area contributed by atoms with Crippen LogP contribution in [0, 0.1) is 0 Å². The van der Waals surface area contributed by atoms with Crippen LogP contribution in [0.5, 0.6) is 0 Å². The molecular formula is C16H30ClN3O3S. The lowest BCUT2D eigenvalue weighted by atomic mass is 10.1. The lowest BCUT2D eigenvalue weighted by Gasteiger charge is -2.38. The minimum Gasteiger partial charge on any atom is -0.335 e. The van der Waals surface area contributed by atoms with Crippen molar-refractivity contribution in [1.29, 1.82) is 0 Å². The van der Waals surface area contributed by atoms with Gasteiger partial charge >= 0.3 is 0 Å². The molecule has 2 atom stereocenters. The predicted molar refractivity (Wildman–Crippen MR) is 97.3 cm³/mol. The smallest absolute Gasteiger partial charge is 0.237 e. The molecule has 0 aromatic heterocycles. The van der Waals surface area contributed by atoms with Crippen molar-refractivity contribution in [3.05, 3.63) is 0 Å². The predicted octanol–water partition coefficient (Wildman–Crippen LogP) is 0.660. The Kier molecular flexibility index (Phi) is 6.93. The fourth-order valence-electron chi connectivity index (χ4n) is 4.26. The summed E-state index contributed by atoms with van der Waals surface area (Å²) in [7, 11) is -2.96. The number of rotatable bonds is 4. The number of amides is 1. The Morgan fingerprint density at radius 2 is 1.92 bits per heavy atom. The van der Waals surface area contributed by atoms with E-state index in [0.717, 1.165) is 45.3 Å². The Hall–Kier alpha value is -0.370. The number of halogens is 1. The van der Waals surface area contributed by atoms with Crippen LogP contribution in [-0.4, -0.2) is 79.9 Å². The largest absolute Gasteiger partial charge is 0.335 e. The normalized spacial score (nSPS) is 30.9. The van der Waals surface area contributed by atoms with Gasteiger partial charge in [-0.2, -0.15) is 0 Å². The molecule has 6 nitrogen and oxygen atoms in total. The van der Waals surface area contributed by atoms with E-state index in [9.17, 15) is 13.2 Å². The molecule has 2 saturated heterocycles. The Morgan fingerprint density at radius 1 is 1.21 bits per heavy atom. The monoisotopic (exact) mass is 379 g/mol. The van der Waals surface area contributed by atoms with Gasteiger partial charge in [0.2, 0.25) is 5.91 Å². The summed E-state index contributed by atoms with van der Waals surface area (Å²) in [5, 5.41) is 3.34. The van der Waals surface area contributed by atoms with Gasteiger partial charge in [-0.1, -0.05) is 12.8 Å². The molecule has 1 amide bonds. The first-order valence-corrected chi connectivity index (χ1v) is 10.7. The first kappa shape index (κ1) is 19.9. The summed E-state index contributed by atoms with van der Waals surface area (Å²) >= 11 is 0. The van der Waals surface area contributed by atoms with Crippen LogP contribution >= 0.6 is 12.4 Å². The van der Waals surface area contributed by atoms with Crippen LogP contribution in [0.4, 0.5) is 0 Å². The van der Waals surface area contributed by atoms with Gasteiger partial charge in [0.25, 0.3) is 0 Å². The second-order valence-corrected chi connectivity index (χ2v) is 9.55. The number of hydrogen-bond acceptors (Lipinski definition) is 5. The van der Waals surface area contributed by atoms with Gasteiger partial charge in [0.15, 0.2) is 9.84 Å². The van der Waals surface area contributed by atoms with Gasteiger partial charge in [-0.05, 0) is 26.2 Å². The number of hydrogen-bond donors (Lipinski definition) is 1. The molecule has 3 rings (SSSR count). The highest BCUT2D eigenvalue weighted by Gasteiger charge is 2.39. The van der Waals surface area contributed by atoms with Gasteiger partial charge in [0.1, 0.15) is 0 Å². The zero-order valence-electron chi connectivity index (χ0n) is 14.4. The van der Waals surface area contributed by atoms with Crippen molar-refractivity contribution in [3.63, 3.8) is 0 Å². The molecule has 1 N–H and O–H groups in total. The molecular weight excluding hydrogens is 350 g/mol. The molecule has 0 aromatic carbocycles. The van der Waals surface area contributed by atoms with Crippen molar-refractivity contribution >= 4 is 28.2 Å². The van der Waals surface area contributed by atoms with E-state index in [4.69, 9.17) is 0 Å². The third-order valence-electron chi connectivity index (χ3n) is 5.59. The molecule has 0 spiro atoms. The average Bonchev–Trinajstić information content (AvgIpc) is 3.12. The molecule has 2 heterocycles. The topological polar surface area (TPSA) is 69.7 Å². The summed E-state index contributed by atoms with van der Waals surface area (Å²) in [5.41, 5.74) is 0. The van der Waals surface area contributed by atoms with E-state index < -0.39 is 9.84 Å². The molecule has 0 radical (unpaired) electrons. The fraction of sp³-hybridized carbons (Fsp3) is 0.938. The van der Waals surface area contributed by atoms with E-state index in [1.165, 1.54) is 0 Å². The number of carbonyl (C=O) groups is 1. The molecule has 1 aliphatic carbocycles. The Balaban J connectivity index is 0.00000208. The Morgan fingerprint density at radius 3 is 2.50 bits per heavy atom. The summed E-state index contributed by atoms with van der Waals surface area (Å²) < 4.78 is 23.7. The maximum absolute atomic E-state index is 13.0. The summed E-state index contributed by atoms with van der Waals surface area (Å²) in [6.07, 6.45) is 4.97. The molecule has 0 bridgehead atoms. The SMILES string of the molecule is C[C@H]1CNCCN1CC(=O)N(C1CCCC1)C1CCS(=O)(=O)C1.Cl. The van der Waals surface area contributed by atoms with E-state index >= 15 is 0 Å². The molecule has 24 heavy (non-hydrogen) atoms. The van der Waals surface area contributed by atoms with Crippen LogP contribution in [0.15, 0.2) is 0 Å². The highest BCUT2D eigenvalue weighted by Crippen LogP contribution is 2.29. The molecule has 1 saturated carbocycles. The van der Waals surface area contributed by atoms with Gasteiger partial charge < -0.3 is 10.2 Å². The standard InChI is InChI=1S/C16H29N3O3S.ClH/c1-13-10-17-7-8-18(13)11-16(20)19(14-4-2-3-5-14)15-6-9-23(21,22)12-15;/h13-15,17H,2-12H2,1H3;1H/t13-,15?;/m0./s1. The molecule has 1 unspecified atom stereocenters. The average molecular weight is 380 g/mol. The summed E-state index contributed by atoms with van der Waals surface area (Å²) in [6, 6.07) is 0.498. The minimum absolute atomic E-state index is 0. The zero-order valence-corrected chi connectivity index (χ0v) is 16.1. The summed E-state index contributed by atoms with van der Waals surface area (Å²) in [4.78, 5) is 17.2. The fourth-order valence-corrected chi connectivity index (χ4v) is 5.97. The van der Waals surface area contributed by atoms with Crippen molar-refractivity contribution in [1.82, 2.24) is 15.1 Å². The number of carbonyl (C=O) groups excluding carboxylic acids is 1. The quantitative estimate of drug-likeness (QED) is 0.777. The molecule has 140 valence electrons. The van der Waals surface area contributed by atoms with Crippen molar-refractivity contribution in [2.45, 2.75) is 57.2 Å². The second kappa shape index (κ2) is 8.34. The molecule has 3 aliphatic rings. The van der Waals surface area contributed by atoms with Gasteiger partial charge in [-0.25, -0.2) is 8.42 Å². The van der Waals surface area contributed by atoms with E-state index in [0.29, 0.717) is 19.0 Å². The number of nitrogens with one attached hydrogen (secondary N) is 1. The van der Waals surface area contributed by atoms with Crippen LogP contribution < -0.4 is 5.32 Å². The van der Waals surface area contributed by atoms with Crippen molar-refractivity contribution < 1.29 is 13.2 Å².